The van der Waals surface area contributed by atoms with E-state index in [2.05, 4.69) is 15.9 Å². The normalized spacial score (nSPS) is 15.6. The fourth-order valence-corrected chi connectivity index (χ4v) is 4.16. The Morgan fingerprint density at radius 2 is 1.82 bits per heavy atom. The van der Waals surface area contributed by atoms with E-state index in [-0.39, 0.29) is 29.7 Å². The van der Waals surface area contributed by atoms with Gasteiger partial charge in [-0.15, -0.1) is 0 Å². The first-order chi connectivity index (χ1) is 10.4. The molecule has 3 rings (SSSR count). The molecule has 1 aromatic heterocycles. The number of carbonyl (C=O) groups is 1. The van der Waals surface area contributed by atoms with Gasteiger partial charge in [-0.05, 0) is 52.3 Å². The predicted octanol–water partition coefficient (Wildman–Crippen LogP) is 2.48. The fourth-order valence-electron chi connectivity index (χ4n) is 2.20. The van der Waals surface area contributed by atoms with Crippen molar-refractivity contribution >= 4 is 31.7 Å². The molecule has 116 valence electrons. The summed E-state index contributed by atoms with van der Waals surface area (Å²) in [6, 6.07) is 7.80. The van der Waals surface area contributed by atoms with Gasteiger partial charge in [0.15, 0.2) is 20.3 Å². The zero-order chi connectivity index (χ0) is 15.9. The minimum absolute atomic E-state index is 0.0618. The highest BCUT2D eigenvalue weighted by atomic mass is 79.9. The minimum Gasteiger partial charge on any atom is -0.444 e. The second kappa shape index (κ2) is 5.51. The van der Waals surface area contributed by atoms with Crippen LogP contribution in [-0.2, 0) is 9.84 Å². The fraction of sp³-hybridized carbons (Fsp3) is 0.214. The molecule has 8 heteroatoms. The highest BCUT2D eigenvalue weighted by Crippen LogP contribution is 2.26. The van der Waals surface area contributed by atoms with Crippen molar-refractivity contribution < 1.29 is 22.0 Å². The number of hydrogen-bond acceptors (Lipinski definition) is 4. The summed E-state index contributed by atoms with van der Waals surface area (Å²) in [5, 5.41) is -0.680. The maximum absolute atomic E-state index is 12.9. The molecule has 0 unspecified atom stereocenters. The monoisotopic (exact) mass is 387 g/mol. The first-order valence-corrected chi connectivity index (χ1v) is 8.76. The standard InChI is InChI=1S/C14H11BrFNO4S/c15-13-6-5-12(21-13)14(18)17-7-11(8-17)22(19,20)10-3-1-9(16)2-4-10/h1-6,11H,7-8H2. The highest BCUT2D eigenvalue weighted by Gasteiger charge is 2.41. The van der Waals surface area contributed by atoms with E-state index in [0.29, 0.717) is 4.67 Å². The van der Waals surface area contributed by atoms with Gasteiger partial charge in [-0.1, -0.05) is 0 Å². The van der Waals surface area contributed by atoms with E-state index in [1.54, 1.807) is 6.07 Å². The van der Waals surface area contributed by atoms with Crippen molar-refractivity contribution in [3.05, 3.63) is 52.6 Å². The molecule has 1 amide bonds. The van der Waals surface area contributed by atoms with Gasteiger partial charge in [0.25, 0.3) is 5.91 Å². The number of nitrogens with zero attached hydrogens (tertiary/aromatic N) is 1. The number of rotatable bonds is 3. The first kappa shape index (κ1) is 15.2. The van der Waals surface area contributed by atoms with Gasteiger partial charge in [0.05, 0.1) is 4.90 Å². The van der Waals surface area contributed by atoms with Crippen LogP contribution in [0.1, 0.15) is 10.6 Å². The molecule has 0 aliphatic carbocycles. The summed E-state index contributed by atoms with van der Waals surface area (Å²) in [5.41, 5.74) is 0. The molecular formula is C14H11BrFNO4S. The first-order valence-electron chi connectivity index (χ1n) is 6.42. The van der Waals surface area contributed by atoms with Crippen LogP contribution in [0.4, 0.5) is 4.39 Å². The van der Waals surface area contributed by atoms with Crippen molar-refractivity contribution in [1.29, 1.82) is 0 Å². The van der Waals surface area contributed by atoms with Gasteiger partial charge in [0.1, 0.15) is 11.1 Å². The van der Waals surface area contributed by atoms with Crippen LogP contribution in [0.2, 0.25) is 0 Å². The molecule has 1 saturated heterocycles. The Balaban J connectivity index is 1.70. The molecule has 0 bridgehead atoms. The number of halogens is 2. The maximum Gasteiger partial charge on any atom is 0.289 e. The third-order valence-electron chi connectivity index (χ3n) is 3.50. The van der Waals surface area contributed by atoms with Crippen LogP contribution >= 0.6 is 15.9 Å². The Morgan fingerprint density at radius 1 is 1.18 bits per heavy atom. The predicted molar refractivity (Wildman–Crippen MR) is 79.7 cm³/mol. The third kappa shape index (κ3) is 2.68. The average Bonchev–Trinajstić information content (AvgIpc) is 2.84. The van der Waals surface area contributed by atoms with Crippen LogP contribution in [0.25, 0.3) is 0 Å². The number of carbonyl (C=O) groups excluding carboxylic acids is 1. The molecule has 22 heavy (non-hydrogen) atoms. The maximum atomic E-state index is 12.9. The number of sulfone groups is 1. The average molecular weight is 388 g/mol. The second-order valence-corrected chi connectivity index (χ2v) is 7.94. The summed E-state index contributed by atoms with van der Waals surface area (Å²) in [6.45, 7) is 0.188. The SMILES string of the molecule is O=C(c1ccc(Br)o1)N1CC(S(=O)(=O)c2ccc(F)cc2)C1. The summed E-state index contributed by atoms with van der Waals surface area (Å²) in [4.78, 5) is 13.5. The van der Waals surface area contributed by atoms with Crippen molar-refractivity contribution in [2.75, 3.05) is 13.1 Å². The van der Waals surface area contributed by atoms with Crippen LogP contribution in [0.15, 0.2) is 50.4 Å². The van der Waals surface area contributed by atoms with E-state index in [9.17, 15) is 17.6 Å². The Bertz CT molecular complexity index is 810. The van der Waals surface area contributed by atoms with E-state index >= 15 is 0 Å². The van der Waals surface area contributed by atoms with Gasteiger partial charge in [0, 0.05) is 13.1 Å². The van der Waals surface area contributed by atoms with Gasteiger partial charge in [-0.3, -0.25) is 4.79 Å². The molecule has 0 saturated carbocycles. The number of benzene rings is 1. The van der Waals surface area contributed by atoms with Gasteiger partial charge >= 0.3 is 0 Å². The molecule has 5 nitrogen and oxygen atoms in total. The highest BCUT2D eigenvalue weighted by molar-refractivity contribution is 9.10. The lowest BCUT2D eigenvalue weighted by Gasteiger charge is -2.38. The van der Waals surface area contributed by atoms with E-state index in [1.165, 1.54) is 23.1 Å². The van der Waals surface area contributed by atoms with Crippen molar-refractivity contribution in [3.8, 4) is 0 Å². The minimum atomic E-state index is -3.56. The Kier molecular flexibility index (Phi) is 3.82. The number of hydrogen-bond donors (Lipinski definition) is 0. The number of amides is 1. The lowest BCUT2D eigenvalue weighted by atomic mass is 10.2. The largest absolute Gasteiger partial charge is 0.444 e. The number of likely N-dealkylation sites (tertiary alicyclic amines) is 1. The Morgan fingerprint density at radius 3 is 2.36 bits per heavy atom. The molecule has 1 aromatic carbocycles. The molecule has 1 aliphatic rings. The van der Waals surface area contributed by atoms with Crippen LogP contribution < -0.4 is 0 Å². The summed E-state index contributed by atoms with van der Waals surface area (Å²) < 4.78 is 43.1. The molecule has 0 N–H and O–H groups in total. The van der Waals surface area contributed by atoms with Crippen LogP contribution in [0.5, 0.6) is 0 Å². The van der Waals surface area contributed by atoms with Crippen LogP contribution in [0, 0.1) is 5.82 Å². The Labute approximate surface area is 134 Å². The molecule has 0 spiro atoms. The van der Waals surface area contributed by atoms with Crippen molar-refractivity contribution in [3.63, 3.8) is 0 Å². The lowest BCUT2D eigenvalue weighted by Crippen LogP contribution is -2.56. The topological polar surface area (TPSA) is 67.6 Å². The Hall–Kier alpha value is -1.67. The summed E-state index contributed by atoms with van der Waals surface area (Å²) in [5.74, 6) is -0.687. The van der Waals surface area contributed by atoms with Crippen LogP contribution in [0.3, 0.4) is 0 Å². The van der Waals surface area contributed by atoms with Crippen LogP contribution in [-0.4, -0.2) is 37.6 Å². The van der Waals surface area contributed by atoms with Gasteiger partial charge in [0.2, 0.25) is 0 Å². The summed E-state index contributed by atoms with van der Waals surface area (Å²) in [6.07, 6.45) is 0. The van der Waals surface area contributed by atoms with Crippen molar-refractivity contribution in [1.82, 2.24) is 4.90 Å². The molecule has 1 fully saturated rings. The van der Waals surface area contributed by atoms with E-state index in [0.717, 1.165) is 12.1 Å². The zero-order valence-corrected chi connectivity index (χ0v) is 13.6. The quantitative estimate of drug-likeness (QED) is 0.758. The van der Waals surface area contributed by atoms with Crippen molar-refractivity contribution in [2.45, 2.75) is 10.1 Å². The van der Waals surface area contributed by atoms with Gasteiger partial charge < -0.3 is 9.32 Å². The molecule has 0 radical (unpaired) electrons. The second-order valence-electron chi connectivity index (χ2n) is 4.93. The molecule has 2 heterocycles. The molecule has 0 atom stereocenters. The third-order valence-corrected chi connectivity index (χ3v) is 6.03. The zero-order valence-electron chi connectivity index (χ0n) is 11.2. The van der Waals surface area contributed by atoms with Gasteiger partial charge in [-0.2, -0.15) is 0 Å². The molecule has 1 aliphatic heterocycles. The van der Waals surface area contributed by atoms with Gasteiger partial charge in [-0.25, -0.2) is 12.8 Å². The van der Waals surface area contributed by atoms with E-state index < -0.39 is 20.9 Å². The smallest absolute Gasteiger partial charge is 0.289 e. The molecule has 2 aromatic rings. The summed E-state index contributed by atoms with van der Waals surface area (Å²) >= 11 is 3.11. The lowest BCUT2D eigenvalue weighted by molar-refractivity contribution is 0.0624. The molecular weight excluding hydrogens is 377 g/mol. The van der Waals surface area contributed by atoms with Crippen molar-refractivity contribution in [2.24, 2.45) is 0 Å². The summed E-state index contributed by atoms with van der Waals surface area (Å²) in [7, 11) is -3.56. The van der Waals surface area contributed by atoms with E-state index in [1.807, 2.05) is 0 Å². The van der Waals surface area contributed by atoms with E-state index in [4.69, 9.17) is 4.42 Å². The number of furan rings is 1.